The van der Waals surface area contributed by atoms with E-state index in [1.54, 1.807) is 0 Å². The van der Waals surface area contributed by atoms with Crippen LogP contribution >= 0.6 is 0 Å². The van der Waals surface area contributed by atoms with E-state index in [0.717, 1.165) is 6.42 Å². The maximum absolute atomic E-state index is 3.90. The second kappa shape index (κ2) is 17.6. The van der Waals surface area contributed by atoms with Gasteiger partial charge in [-0.1, -0.05) is 106 Å². The Balaban J connectivity index is 0.000000341. The van der Waals surface area contributed by atoms with Crippen molar-refractivity contribution < 1.29 is 47.8 Å². The van der Waals surface area contributed by atoms with Crippen LogP contribution in [-0.4, -0.2) is 5.49 Å². The van der Waals surface area contributed by atoms with Crippen molar-refractivity contribution in [3.8, 4) is 11.1 Å². The number of benzene rings is 4. The Bertz CT molecular complexity index is 1670. The summed E-state index contributed by atoms with van der Waals surface area (Å²) in [5, 5.41) is 3.07. The third kappa shape index (κ3) is 11.2. The molecular weight excluding hydrogens is 830 g/mol. The van der Waals surface area contributed by atoms with Crippen LogP contribution in [0.4, 0.5) is 0 Å². The third-order valence-corrected chi connectivity index (χ3v) is 17.0. The predicted molar refractivity (Wildman–Crippen MR) is 208 cm³/mol. The fourth-order valence-corrected chi connectivity index (χ4v) is 11.3. The zero-order valence-electron chi connectivity index (χ0n) is 32.4. The Hall–Kier alpha value is -2.10. The van der Waals surface area contributed by atoms with Crippen LogP contribution in [0.15, 0.2) is 109 Å². The minimum atomic E-state index is -0.406. The monoisotopic (exact) mass is 886 g/mol. The van der Waals surface area contributed by atoms with Gasteiger partial charge in [-0.05, 0) is 39.4 Å². The molecule has 0 N–H and O–H groups in total. The Kier molecular flexibility index (Phi) is 15.5. The molecule has 264 valence electrons. The van der Waals surface area contributed by atoms with E-state index in [4.69, 9.17) is 0 Å². The van der Waals surface area contributed by atoms with Gasteiger partial charge in [0.05, 0.1) is 0 Å². The average molecular weight is 886 g/mol. The van der Waals surface area contributed by atoms with E-state index in [-0.39, 0.29) is 46.5 Å². The predicted octanol–water partition coefficient (Wildman–Crippen LogP) is 5.00. The van der Waals surface area contributed by atoms with Gasteiger partial charge in [0.2, 0.25) is 0 Å². The molecule has 5 aromatic carbocycles. The second-order valence-electron chi connectivity index (χ2n) is 17.3. The van der Waals surface area contributed by atoms with Gasteiger partial charge in [-0.15, -0.1) is 16.7 Å². The summed E-state index contributed by atoms with van der Waals surface area (Å²) >= 11 is 1.27. The third-order valence-electron chi connectivity index (χ3n) is 8.91. The molecule has 0 bridgehead atoms. The smallest absolute Gasteiger partial charge is 0.172 e. The molecule has 0 saturated heterocycles. The first-order chi connectivity index (χ1) is 22.3. The van der Waals surface area contributed by atoms with E-state index in [1.807, 2.05) is 30.3 Å². The molecule has 4 heteroatoms. The number of hydrogen-bond donors (Lipinski definition) is 0. The van der Waals surface area contributed by atoms with Crippen molar-refractivity contribution in [1.29, 1.82) is 0 Å². The van der Waals surface area contributed by atoms with Gasteiger partial charge < -0.3 is 24.8 Å². The number of fused-ring (bicyclic) bond motifs is 3. The fourth-order valence-electron chi connectivity index (χ4n) is 6.32. The Morgan fingerprint density at radius 2 is 0.960 bits per heavy atom. The summed E-state index contributed by atoms with van der Waals surface area (Å²) in [4.78, 5) is 0. The molecule has 0 aromatic heterocycles. The molecule has 0 atom stereocenters. The molecule has 6 rings (SSSR count). The van der Waals surface area contributed by atoms with Crippen molar-refractivity contribution >= 4 is 15.9 Å². The maximum Gasteiger partial charge on any atom is -0.172 e. The van der Waals surface area contributed by atoms with E-state index in [1.165, 1.54) is 77.9 Å². The first-order valence-corrected chi connectivity index (χ1v) is 24.3. The van der Waals surface area contributed by atoms with Crippen LogP contribution in [0.3, 0.4) is 0 Å². The maximum atomic E-state index is 3.90. The largest absolute Gasteiger partial charge is 0.214 e. The van der Waals surface area contributed by atoms with Crippen LogP contribution in [0.25, 0.3) is 11.1 Å². The SMILES string of the molecule is CC(C)(C)c1[c-]c2c(cc1C(C)(C)C)-c1cc(C(C)(C)C)c(C(C)(C)C)cc1C2.[Cl-].[Cl-].[Hf+2]=[Si](c1ccccc1)c1ccccc1.c1cc[cH-]c1. The summed E-state index contributed by atoms with van der Waals surface area (Å²) in [6.45, 7) is 28.0. The standard InChI is InChI=1S/C29H41.C12H10Si.C5H5.2ClH.Hf/c1-26(2,3)22-14-18-13-19-15-23(27(4,5)6)25(29(10,11)12)17-21(19)20(18)16-24(22)28(7,8)9;1-3-7-11(8-4-1)13-12-9-5-2-6-10-12;1-2-4-5-3-1;;;/h14,16-17H,13H2,1-12H3;1-10H;1-5H;2*1H;/q-1;;-1;;;+2/p-2. The van der Waals surface area contributed by atoms with Crippen molar-refractivity contribution in [3.05, 3.63) is 149 Å². The molecule has 0 heterocycles. The first kappa shape index (κ1) is 44.1. The topological polar surface area (TPSA) is 0 Å². The summed E-state index contributed by atoms with van der Waals surface area (Å²) in [6.07, 6.45) is 1.01. The van der Waals surface area contributed by atoms with Gasteiger partial charge in [0.25, 0.3) is 0 Å². The fraction of sp³-hybridized carbons (Fsp3) is 0.370. The van der Waals surface area contributed by atoms with Gasteiger partial charge in [-0.25, -0.2) is 12.1 Å². The van der Waals surface area contributed by atoms with Gasteiger partial charge in [0, 0.05) is 0 Å². The first-order valence-electron chi connectivity index (χ1n) is 17.4. The van der Waals surface area contributed by atoms with Crippen molar-refractivity contribution in [2.75, 3.05) is 0 Å². The van der Waals surface area contributed by atoms with Gasteiger partial charge >= 0.3 is 99.5 Å². The minimum absolute atomic E-state index is 0. The molecule has 0 aliphatic heterocycles. The number of halogens is 2. The molecule has 1 aliphatic rings. The molecule has 0 saturated carbocycles. The average Bonchev–Trinajstić information content (AvgIpc) is 3.71. The van der Waals surface area contributed by atoms with Crippen molar-refractivity contribution in [3.63, 3.8) is 0 Å². The van der Waals surface area contributed by atoms with E-state index >= 15 is 0 Å². The van der Waals surface area contributed by atoms with Crippen LogP contribution in [0.5, 0.6) is 0 Å². The molecule has 0 spiro atoms. The normalized spacial score (nSPS) is 12.1. The summed E-state index contributed by atoms with van der Waals surface area (Å²) in [5.74, 6) is 0. The van der Waals surface area contributed by atoms with E-state index in [2.05, 4.69) is 168 Å². The summed E-state index contributed by atoms with van der Waals surface area (Å²) in [5.41, 5.74) is 11.5. The molecule has 0 fully saturated rings. The van der Waals surface area contributed by atoms with E-state index < -0.39 is 5.49 Å². The molecule has 50 heavy (non-hydrogen) atoms. The minimum Gasteiger partial charge on any atom is -0.214 e. The molecule has 5 aromatic rings. The summed E-state index contributed by atoms with van der Waals surface area (Å²) in [7, 11) is 0. The van der Waals surface area contributed by atoms with E-state index in [9.17, 15) is 0 Å². The molecule has 0 amide bonds. The van der Waals surface area contributed by atoms with Crippen LogP contribution in [0.1, 0.15) is 116 Å². The Morgan fingerprint density at radius 1 is 0.540 bits per heavy atom. The quantitative estimate of drug-likeness (QED) is 0.170. The van der Waals surface area contributed by atoms with Gasteiger partial charge in [-0.3, -0.25) is 0 Å². The van der Waals surface area contributed by atoms with Gasteiger partial charge in [0.15, 0.2) is 0 Å². The molecule has 0 nitrogen and oxygen atoms in total. The van der Waals surface area contributed by atoms with Crippen LogP contribution in [0.2, 0.25) is 0 Å². The summed E-state index contributed by atoms with van der Waals surface area (Å²) in [6, 6.07) is 43.2. The zero-order chi connectivity index (χ0) is 35.5. The second-order valence-corrected chi connectivity index (χ2v) is 24.5. The van der Waals surface area contributed by atoms with Crippen molar-refractivity contribution in [2.24, 2.45) is 0 Å². The van der Waals surface area contributed by atoms with Gasteiger partial charge in [0.1, 0.15) is 0 Å². The molecule has 1 aliphatic carbocycles. The number of hydrogen-bond acceptors (Lipinski definition) is 0. The van der Waals surface area contributed by atoms with Crippen LogP contribution in [0, 0.1) is 6.07 Å². The number of rotatable bonds is 2. The molecule has 0 unspecified atom stereocenters. The molecule has 0 radical (unpaired) electrons. The van der Waals surface area contributed by atoms with Crippen molar-refractivity contribution in [2.45, 2.75) is 111 Å². The van der Waals surface area contributed by atoms with Crippen LogP contribution < -0.4 is 35.2 Å². The van der Waals surface area contributed by atoms with E-state index in [0.29, 0.717) is 0 Å². The van der Waals surface area contributed by atoms with Crippen LogP contribution in [-0.2, 0) is 51.1 Å². The van der Waals surface area contributed by atoms with Gasteiger partial charge in [-0.2, -0.15) is 35.9 Å². The molecular formula is C46H56Cl2HfSi-2. The summed E-state index contributed by atoms with van der Waals surface area (Å²) < 4.78 is 0. The Labute approximate surface area is 332 Å². The zero-order valence-corrected chi connectivity index (χ0v) is 38.5. The Morgan fingerprint density at radius 3 is 1.34 bits per heavy atom. The van der Waals surface area contributed by atoms with Crippen molar-refractivity contribution in [1.82, 2.24) is 0 Å².